The number of hydrogen-bond acceptors (Lipinski definition) is 6. The Morgan fingerprint density at radius 1 is 1.50 bits per heavy atom. The number of carbonyl (C=O) groups is 1. The van der Waals surface area contributed by atoms with E-state index < -0.39 is 5.97 Å². The number of nitrogen functional groups attached to an aromatic ring is 1. The Morgan fingerprint density at radius 3 is 2.75 bits per heavy atom. The van der Waals surface area contributed by atoms with Crippen molar-refractivity contribution in [3.05, 3.63) is 16.8 Å². The van der Waals surface area contributed by atoms with E-state index in [1.807, 2.05) is 6.07 Å². The number of aryl methyl sites for hydroxylation is 1. The van der Waals surface area contributed by atoms with Crippen LogP contribution in [0.4, 0.5) is 11.5 Å². The SMILES string of the molecule is CCCCNc1nc(C)c(C(=O)OCC)c(N)c1C#N. The van der Waals surface area contributed by atoms with E-state index in [9.17, 15) is 10.1 Å². The maximum absolute atomic E-state index is 11.9. The summed E-state index contributed by atoms with van der Waals surface area (Å²) in [6.07, 6.45) is 2.00. The van der Waals surface area contributed by atoms with Crippen molar-refractivity contribution in [2.75, 3.05) is 24.2 Å². The lowest BCUT2D eigenvalue weighted by atomic mass is 10.1. The predicted molar refractivity (Wildman–Crippen MR) is 77.5 cm³/mol. The number of unbranched alkanes of at least 4 members (excludes halogenated alkanes) is 1. The van der Waals surface area contributed by atoms with E-state index in [1.165, 1.54) is 0 Å². The van der Waals surface area contributed by atoms with Crippen molar-refractivity contribution in [1.82, 2.24) is 4.98 Å². The van der Waals surface area contributed by atoms with Gasteiger partial charge in [-0.05, 0) is 20.3 Å². The Hall–Kier alpha value is -2.29. The Balaban J connectivity index is 3.20. The van der Waals surface area contributed by atoms with Gasteiger partial charge >= 0.3 is 5.97 Å². The molecule has 0 atom stereocenters. The minimum atomic E-state index is -0.549. The van der Waals surface area contributed by atoms with Gasteiger partial charge in [-0.2, -0.15) is 5.26 Å². The number of aromatic nitrogens is 1. The predicted octanol–water partition coefficient (Wildman–Crippen LogP) is 2.23. The third-order valence-corrected chi connectivity index (χ3v) is 2.83. The zero-order valence-electron chi connectivity index (χ0n) is 12.1. The first-order chi connectivity index (χ1) is 9.56. The van der Waals surface area contributed by atoms with Crippen LogP contribution in [0.2, 0.25) is 0 Å². The second-order valence-electron chi connectivity index (χ2n) is 4.32. The molecule has 0 unspecified atom stereocenters. The van der Waals surface area contributed by atoms with E-state index in [1.54, 1.807) is 13.8 Å². The summed E-state index contributed by atoms with van der Waals surface area (Å²) in [5.41, 5.74) is 6.87. The molecule has 0 amide bonds. The van der Waals surface area contributed by atoms with Gasteiger partial charge in [0.2, 0.25) is 0 Å². The molecule has 1 aromatic rings. The molecule has 0 aliphatic heterocycles. The highest BCUT2D eigenvalue weighted by molar-refractivity contribution is 5.98. The molecule has 1 rings (SSSR count). The highest BCUT2D eigenvalue weighted by atomic mass is 16.5. The van der Waals surface area contributed by atoms with Crippen LogP contribution in [-0.2, 0) is 4.74 Å². The molecule has 0 saturated heterocycles. The molecule has 6 heteroatoms. The highest BCUT2D eigenvalue weighted by Crippen LogP contribution is 2.26. The van der Waals surface area contributed by atoms with E-state index in [2.05, 4.69) is 17.2 Å². The molecular formula is C14H20N4O2. The van der Waals surface area contributed by atoms with Crippen LogP contribution in [0.5, 0.6) is 0 Å². The maximum Gasteiger partial charge on any atom is 0.342 e. The van der Waals surface area contributed by atoms with Gasteiger partial charge in [-0.15, -0.1) is 0 Å². The number of carbonyl (C=O) groups excluding carboxylic acids is 1. The van der Waals surface area contributed by atoms with Gasteiger partial charge in [-0.3, -0.25) is 0 Å². The molecule has 0 radical (unpaired) electrons. The van der Waals surface area contributed by atoms with E-state index in [0.29, 0.717) is 18.1 Å². The van der Waals surface area contributed by atoms with E-state index in [0.717, 1.165) is 12.8 Å². The minimum absolute atomic E-state index is 0.123. The van der Waals surface area contributed by atoms with Crippen LogP contribution in [-0.4, -0.2) is 24.1 Å². The summed E-state index contributed by atoms with van der Waals surface area (Å²) in [6, 6.07) is 2.00. The molecule has 0 bridgehead atoms. The minimum Gasteiger partial charge on any atom is -0.462 e. The Morgan fingerprint density at radius 2 is 2.20 bits per heavy atom. The number of pyridine rings is 1. The molecule has 6 nitrogen and oxygen atoms in total. The Labute approximate surface area is 118 Å². The number of anilines is 2. The standard InChI is InChI=1S/C14H20N4O2/c1-4-6-7-17-13-10(8-15)12(16)11(9(3)18-13)14(19)20-5-2/h4-7H2,1-3H3,(H3,16,17,18). The van der Waals surface area contributed by atoms with Crippen LogP contribution < -0.4 is 11.1 Å². The summed E-state index contributed by atoms with van der Waals surface area (Å²) in [5, 5.41) is 12.3. The van der Waals surface area contributed by atoms with Gasteiger partial charge < -0.3 is 15.8 Å². The van der Waals surface area contributed by atoms with Crippen LogP contribution in [0.15, 0.2) is 0 Å². The number of rotatable bonds is 6. The van der Waals surface area contributed by atoms with Crippen LogP contribution in [0.1, 0.15) is 48.3 Å². The Kier molecular flexibility index (Phi) is 5.78. The highest BCUT2D eigenvalue weighted by Gasteiger charge is 2.21. The monoisotopic (exact) mass is 276 g/mol. The quantitative estimate of drug-likeness (QED) is 0.610. The van der Waals surface area contributed by atoms with Crippen LogP contribution in [0.25, 0.3) is 0 Å². The topological polar surface area (TPSA) is 101 Å². The summed E-state index contributed by atoms with van der Waals surface area (Å²) < 4.78 is 4.94. The molecule has 0 spiro atoms. The molecule has 0 fully saturated rings. The summed E-state index contributed by atoms with van der Waals surface area (Å²) >= 11 is 0. The normalized spacial score (nSPS) is 9.90. The number of ether oxygens (including phenoxy) is 1. The van der Waals surface area contributed by atoms with Crippen molar-refractivity contribution in [3.63, 3.8) is 0 Å². The first kappa shape index (κ1) is 15.8. The zero-order valence-corrected chi connectivity index (χ0v) is 12.1. The number of esters is 1. The van der Waals surface area contributed by atoms with Gasteiger partial charge in [0, 0.05) is 6.54 Å². The maximum atomic E-state index is 11.9. The van der Waals surface area contributed by atoms with E-state index in [-0.39, 0.29) is 23.4 Å². The molecule has 1 heterocycles. The van der Waals surface area contributed by atoms with Crippen LogP contribution in [0.3, 0.4) is 0 Å². The first-order valence-electron chi connectivity index (χ1n) is 6.67. The average molecular weight is 276 g/mol. The lowest BCUT2D eigenvalue weighted by Gasteiger charge is -2.14. The van der Waals surface area contributed by atoms with Crippen molar-refractivity contribution in [2.24, 2.45) is 0 Å². The number of nitriles is 1. The van der Waals surface area contributed by atoms with Gasteiger partial charge in [-0.1, -0.05) is 13.3 Å². The number of nitrogens with one attached hydrogen (secondary N) is 1. The molecule has 0 saturated carbocycles. The fourth-order valence-electron chi connectivity index (χ4n) is 1.81. The van der Waals surface area contributed by atoms with Crippen LogP contribution in [0, 0.1) is 18.3 Å². The number of hydrogen-bond donors (Lipinski definition) is 2. The van der Waals surface area contributed by atoms with Gasteiger partial charge in [0.15, 0.2) is 0 Å². The molecule has 1 aromatic heterocycles. The lowest BCUT2D eigenvalue weighted by molar-refractivity contribution is 0.0526. The average Bonchev–Trinajstić information content (AvgIpc) is 2.39. The molecule has 0 aliphatic rings. The smallest absolute Gasteiger partial charge is 0.342 e. The van der Waals surface area contributed by atoms with E-state index >= 15 is 0 Å². The van der Waals surface area contributed by atoms with Crippen molar-refractivity contribution in [3.8, 4) is 6.07 Å². The summed E-state index contributed by atoms with van der Waals surface area (Å²) in [7, 11) is 0. The summed E-state index contributed by atoms with van der Waals surface area (Å²) in [6.45, 7) is 6.41. The molecule has 20 heavy (non-hydrogen) atoms. The van der Waals surface area contributed by atoms with Gasteiger partial charge in [0.25, 0.3) is 0 Å². The Bertz CT molecular complexity index is 535. The van der Waals surface area contributed by atoms with Crippen molar-refractivity contribution in [2.45, 2.75) is 33.6 Å². The molecule has 0 aliphatic carbocycles. The fraction of sp³-hybridized carbons (Fsp3) is 0.500. The lowest BCUT2D eigenvalue weighted by Crippen LogP contribution is -2.15. The largest absolute Gasteiger partial charge is 0.462 e. The molecule has 108 valence electrons. The third kappa shape index (κ3) is 3.38. The van der Waals surface area contributed by atoms with Gasteiger partial charge in [0.05, 0.1) is 18.0 Å². The summed E-state index contributed by atoms with van der Waals surface area (Å²) in [5.74, 6) is -0.129. The second-order valence-corrected chi connectivity index (χ2v) is 4.32. The van der Waals surface area contributed by atoms with Crippen LogP contribution >= 0.6 is 0 Å². The second kappa shape index (κ2) is 7.34. The molecule has 0 aromatic carbocycles. The number of nitrogens with zero attached hydrogens (tertiary/aromatic N) is 2. The van der Waals surface area contributed by atoms with Crippen molar-refractivity contribution < 1.29 is 9.53 Å². The summed E-state index contributed by atoms with van der Waals surface area (Å²) in [4.78, 5) is 16.1. The van der Waals surface area contributed by atoms with Gasteiger partial charge in [0.1, 0.15) is 23.0 Å². The molecular weight excluding hydrogens is 256 g/mol. The number of nitrogens with two attached hydrogens (primary N) is 1. The van der Waals surface area contributed by atoms with Crippen molar-refractivity contribution in [1.29, 1.82) is 5.26 Å². The first-order valence-corrected chi connectivity index (χ1v) is 6.67. The zero-order chi connectivity index (χ0) is 15.1. The fourth-order valence-corrected chi connectivity index (χ4v) is 1.81. The van der Waals surface area contributed by atoms with Crippen molar-refractivity contribution >= 4 is 17.5 Å². The molecule has 3 N–H and O–H groups in total. The van der Waals surface area contributed by atoms with Gasteiger partial charge in [-0.25, -0.2) is 9.78 Å². The third-order valence-electron chi connectivity index (χ3n) is 2.83. The van der Waals surface area contributed by atoms with E-state index in [4.69, 9.17) is 10.5 Å².